The quantitative estimate of drug-likeness (QED) is 0.545. The number of aliphatic hydroxyl groups is 2. The molecular weight excluding hydrogens is 196 g/mol. The van der Waals surface area contributed by atoms with Crippen LogP contribution in [0, 0.1) is 0 Å². The van der Waals surface area contributed by atoms with E-state index in [1.54, 1.807) is 6.92 Å². The number of hydrogen-bond acceptors (Lipinski definition) is 3. The van der Waals surface area contributed by atoms with Gasteiger partial charge in [-0.1, -0.05) is 6.92 Å². The molecule has 1 rings (SSSR count). The average Bonchev–Trinajstić information content (AvgIpc) is 2.67. The molecule has 1 fully saturated rings. The molecule has 1 aliphatic rings. The van der Waals surface area contributed by atoms with Crippen LogP contribution in [0.2, 0.25) is 0 Å². The molecule has 1 aliphatic heterocycles. The third kappa shape index (κ3) is 8.20. The first-order valence-corrected chi connectivity index (χ1v) is 5.37. The van der Waals surface area contributed by atoms with E-state index in [9.17, 15) is 9.90 Å². The SMILES string of the molecule is CCC(C)(O)CCCO.O=C1NCCN1. The summed E-state index contributed by atoms with van der Waals surface area (Å²) in [6.07, 6.45) is 2.15. The highest BCUT2D eigenvalue weighted by Crippen LogP contribution is 2.14. The molecule has 0 aliphatic carbocycles. The van der Waals surface area contributed by atoms with Gasteiger partial charge in [-0.2, -0.15) is 0 Å². The Morgan fingerprint density at radius 3 is 2.20 bits per heavy atom. The van der Waals surface area contributed by atoms with Gasteiger partial charge in [-0.05, 0) is 26.2 Å². The summed E-state index contributed by atoms with van der Waals surface area (Å²) in [6.45, 7) is 5.47. The number of amides is 2. The maximum Gasteiger partial charge on any atom is 0.314 e. The molecular formula is C10H22N2O3. The van der Waals surface area contributed by atoms with E-state index in [1.807, 2.05) is 6.92 Å². The van der Waals surface area contributed by atoms with Crippen LogP contribution in [0.5, 0.6) is 0 Å². The molecule has 4 N–H and O–H groups in total. The summed E-state index contributed by atoms with van der Waals surface area (Å²) in [5, 5.41) is 22.9. The second kappa shape index (κ2) is 7.48. The summed E-state index contributed by atoms with van der Waals surface area (Å²) >= 11 is 0. The normalized spacial score (nSPS) is 18.3. The average molecular weight is 218 g/mol. The zero-order valence-electron chi connectivity index (χ0n) is 9.55. The standard InChI is InChI=1S/C7H16O2.C3H6N2O/c1-3-7(2,9)5-4-6-8;6-3-4-1-2-5-3/h8-9H,3-6H2,1-2H3;1-2H2,(H2,4,5,6). The number of nitrogens with one attached hydrogen (secondary N) is 2. The van der Waals surface area contributed by atoms with Crippen molar-refractivity contribution in [2.24, 2.45) is 0 Å². The first-order valence-electron chi connectivity index (χ1n) is 5.37. The number of aliphatic hydroxyl groups excluding tert-OH is 1. The second-order valence-electron chi connectivity index (χ2n) is 3.86. The smallest absolute Gasteiger partial charge is 0.314 e. The molecule has 0 aromatic rings. The Balaban J connectivity index is 0.000000280. The molecule has 0 saturated carbocycles. The molecule has 2 amide bonds. The van der Waals surface area contributed by atoms with E-state index in [2.05, 4.69) is 10.6 Å². The molecule has 5 heteroatoms. The Morgan fingerprint density at radius 1 is 1.40 bits per heavy atom. The van der Waals surface area contributed by atoms with E-state index in [0.717, 1.165) is 19.5 Å². The van der Waals surface area contributed by atoms with Gasteiger partial charge in [0, 0.05) is 19.7 Å². The van der Waals surface area contributed by atoms with E-state index >= 15 is 0 Å². The van der Waals surface area contributed by atoms with Crippen LogP contribution in [0.4, 0.5) is 4.79 Å². The Hall–Kier alpha value is -0.810. The topological polar surface area (TPSA) is 81.6 Å². The van der Waals surface area contributed by atoms with E-state index in [4.69, 9.17) is 5.11 Å². The number of urea groups is 1. The molecule has 15 heavy (non-hydrogen) atoms. The highest BCUT2D eigenvalue weighted by molar-refractivity contribution is 5.75. The summed E-state index contributed by atoms with van der Waals surface area (Å²) in [5.41, 5.74) is -0.567. The van der Waals surface area contributed by atoms with Crippen molar-refractivity contribution < 1.29 is 15.0 Å². The fourth-order valence-corrected chi connectivity index (χ4v) is 1.05. The maximum atomic E-state index is 10.0. The minimum Gasteiger partial charge on any atom is -0.396 e. The number of carbonyl (C=O) groups is 1. The lowest BCUT2D eigenvalue weighted by molar-refractivity contribution is 0.0399. The summed E-state index contributed by atoms with van der Waals surface area (Å²) in [7, 11) is 0. The van der Waals surface area contributed by atoms with E-state index in [0.29, 0.717) is 12.8 Å². The molecule has 0 bridgehead atoms. The number of hydrogen-bond donors (Lipinski definition) is 4. The summed E-state index contributed by atoms with van der Waals surface area (Å²) in [6, 6.07) is -0.0463. The van der Waals surface area contributed by atoms with Crippen molar-refractivity contribution in [2.75, 3.05) is 19.7 Å². The van der Waals surface area contributed by atoms with Crippen LogP contribution in [-0.4, -0.2) is 41.5 Å². The maximum absolute atomic E-state index is 10.0. The molecule has 1 unspecified atom stereocenters. The monoisotopic (exact) mass is 218 g/mol. The zero-order valence-corrected chi connectivity index (χ0v) is 9.55. The van der Waals surface area contributed by atoms with Gasteiger partial charge < -0.3 is 20.8 Å². The fourth-order valence-electron chi connectivity index (χ4n) is 1.05. The molecule has 5 nitrogen and oxygen atoms in total. The molecule has 1 heterocycles. The van der Waals surface area contributed by atoms with Crippen LogP contribution >= 0.6 is 0 Å². The van der Waals surface area contributed by atoms with E-state index in [-0.39, 0.29) is 12.6 Å². The lowest BCUT2D eigenvalue weighted by atomic mass is 9.98. The molecule has 1 saturated heterocycles. The molecule has 0 spiro atoms. The molecule has 0 radical (unpaired) electrons. The molecule has 0 aromatic heterocycles. The van der Waals surface area contributed by atoms with Crippen LogP contribution in [0.3, 0.4) is 0 Å². The van der Waals surface area contributed by atoms with Gasteiger partial charge in [0.1, 0.15) is 0 Å². The van der Waals surface area contributed by atoms with Crippen molar-refractivity contribution in [3.8, 4) is 0 Å². The largest absolute Gasteiger partial charge is 0.396 e. The van der Waals surface area contributed by atoms with Gasteiger partial charge in [0.2, 0.25) is 0 Å². The number of carbonyl (C=O) groups excluding carboxylic acids is 1. The molecule has 0 aromatic carbocycles. The van der Waals surface area contributed by atoms with Crippen LogP contribution in [0.15, 0.2) is 0 Å². The highest BCUT2D eigenvalue weighted by Gasteiger charge is 2.15. The zero-order chi connectivity index (χ0) is 11.7. The van der Waals surface area contributed by atoms with Crippen LogP contribution in [0.1, 0.15) is 33.1 Å². The van der Waals surface area contributed by atoms with Crippen molar-refractivity contribution in [1.82, 2.24) is 10.6 Å². The van der Waals surface area contributed by atoms with Crippen molar-refractivity contribution in [3.05, 3.63) is 0 Å². The predicted molar refractivity (Wildman–Crippen MR) is 58.6 cm³/mol. The van der Waals surface area contributed by atoms with Crippen LogP contribution < -0.4 is 10.6 Å². The third-order valence-electron chi connectivity index (χ3n) is 2.33. The lowest BCUT2D eigenvalue weighted by Crippen LogP contribution is -2.22. The van der Waals surface area contributed by atoms with Gasteiger partial charge in [0.05, 0.1) is 5.60 Å². The summed E-state index contributed by atoms with van der Waals surface area (Å²) < 4.78 is 0. The lowest BCUT2D eigenvalue weighted by Gasteiger charge is -2.19. The van der Waals surface area contributed by atoms with Gasteiger partial charge in [-0.3, -0.25) is 0 Å². The Kier molecular flexibility index (Phi) is 7.07. The van der Waals surface area contributed by atoms with Crippen molar-refractivity contribution in [1.29, 1.82) is 0 Å². The first kappa shape index (κ1) is 14.2. The summed E-state index contributed by atoms with van der Waals surface area (Å²) in [5.74, 6) is 0. The van der Waals surface area contributed by atoms with Gasteiger partial charge in [0.25, 0.3) is 0 Å². The minimum absolute atomic E-state index is 0.0463. The molecule has 90 valence electrons. The van der Waals surface area contributed by atoms with Crippen LogP contribution in [0.25, 0.3) is 0 Å². The van der Waals surface area contributed by atoms with Gasteiger partial charge in [-0.15, -0.1) is 0 Å². The third-order valence-corrected chi connectivity index (χ3v) is 2.33. The van der Waals surface area contributed by atoms with Crippen molar-refractivity contribution >= 4 is 6.03 Å². The van der Waals surface area contributed by atoms with Crippen molar-refractivity contribution in [3.63, 3.8) is 0 Å². The van der Waals surface area contributed by atoms with Gasteiger partial charge >= 0.3 is 6.03 Å². The fraction of sp³-hybridized carbons (Fsp3) is 0.900. The Morgan fingerprint density at radius 2 is 1.93 bits per heavy atom. The second-order valence-corrected chi connectivity index (χ2v) is 3.86. The number of rotatable bonds is 4. The van der Waals surface area contributed by atoms with Gasteiger partial charge in [-0.25, -0.2) is 4.79 Å². The van der Waals surface area contributed by atoms with E-state index < -0.39 is 5.60 Å². The van der Waals surface area contributed by atoms with Crippen molar-refractivity contribution in [2.45, 2.75) is 38.7 Å². The predicted octanol–water partition coefficient (Wildman–Crippen LogP) is 0.219. The van der Waals surface area contributed by atoms with E-state index in [1.165, 1.54) is 0 Å². The Bertz CT molecular complexity index is 176. The summed E-state index contributed by atoms with van der Waals surface area (Å²) in [4.78, 5) is 10.0. The Labute approximate surface area is 90.9 Å². The molecule has 1 atom stereocenters. The highest BCUT2D eigenvalue weighted by atomic mass is 16.3. The minimum atomic E-state index is -0.567. The van der Waals surface area contributed by atoms with Crippen LogP contribution in [-0.2, 0) is 0 Å². The first-order chi connectivity index (χ1) is 7.02. The van der Waals surface area contributed by atoms with Gasteiger partial charge in [0.15, 0.2) is 0 Å².